The van der Waals surface area contributed by atoms with Crippen LogP contribution in [0.2, 0.25) is 0 Å². The molecule has 0 aliphatic rings. The van der Waals surface area contributed by atoms with Gasteiger partial charge in [-0.2, -0.15) is 0 Å². The lowest BCUT2D eigenvalue weighted by Gasteiger charge is -2.03. The summed E-state index contributed by atoms with van der Waals surface area (Å²) in [6.45, 7) is 0.243. The second-order valence-electron chi connectivity index (χ2n) is 4.75. The van der Waals surface area contributed by atoms with E-state index in [-0.39, 0.29) is 12.5 Å². The van der Waals surface area contributed by atoms with E-state index in [4.69, 9.17) is 5.73 Å². The Morgan fingerprint density at radius 1 is 1.33 bits per heavy atom. The van der Waals surface area contributed by atoms with E-state index in [0.29, 0.717) is 17.2 Å². The molecule has 1 amide bonds. The first-order valence-electron chi connectivity index (χ1n) is 6.55. The maximum atomic E-state index is 12.3. The average Bonchev–Trinajstić information content (AvgIpc) is 2.83. The van der Waals surface area contributed by atoms with Gasteiger partial charge in [-0.25, -0.2) is 9.97 Å². The van der Waals surface area contributed by atoms with E-state index in [0.717, 1.165) is 10.9 Å². The van der Waals surface area contributed by atoms with E-state index in [1.54, 1.807) is 12.3 Å². The van der Waals surface area contributed by atoms with Crippen LogP contribution in [0.3, 0.4) is 0 Å². The van der Waals surface area contributed by atoms with Crippen LogP contribution in [0.4, 0.5) is 5.82 Å². The zero-order valence-corrected chi connectivity index (χ0v) is 11.6. The Labute approximate surface area is 121 Å². The highest BCUT2D eigenvalue weighted by Crippen LogP contribution is 2.20. The monoisotopic (exact) mass is 281 g/mol. The second-order valence-corrected chi connectivity index (χ2v) is 4.75. The highest BCUT2D eigenvalue weighted by molar-refractivity contribution is 6.06. The van der Waals surface area contributed by atoms with Gasteiger partial charge in [0.05, 0.1) is 12.1 Å². The number of para-hydroxylation sites is 1. The van der Waals surface area contributed by atoms with E-state index >= 15 is 0 Å². The molecule has 2 aromatic heterocycles. The Morgan fingerprint density at radius 3 is 2.95 bits per heavy atom. The summed E-state index contributed by atoms with van der Waals surface area (Å²) in [4.78, 5) is 20.4. The number of fused-ring (bicyclic) bond motifs is 1. The van der Waals surface area contributed by atoms with Gasteiger partial charge in [0.2, 0.25) is 0 Å². The van der Waals surface area contributed by atoms with Crippen molar-refractivity contribution in [1.82, 2.24) is 19.9 Å². The van der Waals surface area contributed by atoms with Crippen molar-refractivity contribution in [1.29, 1.82) is 0 Å². The first kappa shape index (κ1) is 13.1. The van der Waals surface area contributed by atoms with Crippen LogP contribution < -0.4 is 11.1 Å². The first-order chi connectivity index (χ1) is 10.1. The minimum absolute atomic E-state index is 0.155. The van der Waals surface area contributed by atoms with Gasteiger partial charge in [-0.3, -0.25) is 4.79 Å². The van der Waals surface area contributed by atoms with Crippen molar-refractivity contribution in [3.63, 3.8) is 0 Å². The highest BCUT2D eigenvalue weighted by atomic mass is 16.1. The smallest absolute Gasteiger partial charge is 0.253 e. The molecule has 106 valence electrons. The van der Waals surface area contributed by atoms with Crippen LogP contribution in [-0.4, -0.2) is 20.4 Å². The maximum Gasteiger partial charge on any atom is 0.253 e. The average molecular weight is 281 g/mol. The molecule has 3 aromatic rings. The van der Waals surface area contributed by atoms with Crippen LogP contribution in [0.5, 0.6) is 0 Å². The van der Waals surface area contributed by atoms with Gasteiger partial charge in [-0.1, -0.05) is 18.2 Å². The maximum absolute atomic E-state index is 12.3. The van der Waals surface area contributed by atoms with Crippen LogP contribution in [-0.2, 0) is 13.6 Å². The summed E-state index contributed by atoms with van der Waals surface area (Å²) in [5.41, 5.74) is 7.24. The molecular weight excluding hydrogens is 266 g/mol. The van der Waals surface area contributed by atoms with E-state index in [1.807, 2.05) is 42.1 Å². The van der Waals surface area contributed by atoms with Crippen LogP contribution in [0.1, 0.15) is 16.2 Å². The number of hydrogen-bond donors (Lipinski definition) is 2. The third-order valence-electron chi connectivity index (χ3n) is 3.28. The van der Waals surface area contributed by atoms with Gasteiger partial charge in [-0.15, -0.1) is 0 Å². The summed E-state index contributed by atoms with van der Waals surface area (Å²) < 4.78 is 1.93. The Kier molecular flexibility index (Phi) is 3.27. The Balaban J connectivity index is 1.81. The van der Waals surface area contributed by atoms with Gasteiger partial charge in [0.1, 0.15) is 11.6 Å². The largest absolute Gasteiger partial charge is 0.384 e. The van der Waals surface area contributed by atoms with Gasteiger partial charge in [0.15, 0.2) is 0 Å². The summed E-state index contributed by atoms with van der Waals surface area (Å²) in [7, 11) is 1.92. The predicted molar refractivity (Wildman–Crippen MR) is 80.5 cm³/mol. The van der Waals surface area contributed by atoms with Crippen LogP contribution in [0.15, 0.2) is 42.7 Å². The zero-order chi connectivity index (χ0) is 14.8. The number of aromatic nitrogens is 3. The number of carbonyl (C=O) groups is 1. The predicted octanol–water partition coefficient (Wildman–Crippen LogP) is 1.48. The number of anilines is 1. The summed E-state index contributed by atoms with van der Waals surface area (Å²) in [6, 6.07) is 9.38. The number of carbonyl (C=O) groups excluding carboxylic acids is 1. The Bertz CT molecular complexity index is 809. The summed E-state index contributed by atoms with van der Waals surface area (Å²) >= 11 is 0. The van der Waals surface area contributed by atoms with Crippen LogP contribution in [0.25, 0.3) is 10.9 Å². The van der Waals surface area contributed by atoms with E-state index in [9.17, 15) is 4.79 Å². The molecule has 0 aliphatic heterocycles. The van der Waals surface area contributed by atoms with Crippen molar-refractivity contribution < 1.29 is 4.79 Å². The van der Waals surface area contributed by atoms with Crippen LogP contribution >= 0.6 is 0 Å². The van der Waals surface area contributed by atoms with E-state index in [1.165, 1.54) is 0 Å². The molecule has 3 N–H and O–H groups in total. The third kappa shape index (κ3) is 2.55. The van der Waals surface area contributed by atoms with Gasteiger partial charge >= 0.3 is 0 Å². The number of nitrogens with one attached hydrogen (secondary N) is 1. The fourth-order valence-corrected chi connectivity index (χ4v) is 2.28. The molecule has 6 nitrogen and oxygen atoms in total. The molecule has 21 heavy (non-hydrogen) atoms. The molecule has 6 heteroatoms. The molecule has 2 heterocycles. The molecule has 0 unspecified atom stereocenters. The fraction of sp³-hybridized carbons (Fsp3) is 0.133. The summed E-state index contributed by atoms with van der Waals surface area (Å²) in [5, 5.41) is 3.74. The SMILES string of the molecule is Cn1cc(C(=O)NCc2nccc(N)n2)c2ccccc21. The molecule has 0 spiro atoms. The number of nitrogens with zero attached hydrogens (tertiary/aromatic N) is 3. The molecular formula is C15H15N5O. The van der Waals surface area contributed by atoms with E-state index < -0.39 is 0 Å². The van der Waals surface area contributed by atoms with Gasteiger partial charge in [0, 0.05) is 30.3 Å². The molecule has 0 bridgehead atoms. The summed E-state index contributed by atoms with van der Waals surface area (Å²) in [6.07, 6.45) is 3.39. The van der Waals surface area contributed by atoms with Crippen molar-refractivity contribution in [2.45, 2.75) is 6.54 Å². The third-order valence-corrected chi connectivity index (χ3v) is 3.28. The lowest BCUT2D eigenvalue weighted by atomic mass is 10.1. The molecule has 3 rings (SSSR count). The standard InChI is InChI=1S/C15H15N5O/c1-20-9-11(10-4-2-3-5-12(10)20)15(21)18-8-14-17-7-6-13(16)19-14/h2-7,9H,8H2,1H3,(H,18,21)(H2,16,17,19). The van der Waals surface area contributed by atoms with Crippen molar-refractivity contribution in [3.8, 4) is 0 Å². The molecule has 0 aliphatic carbocycles. The minimum Gasteiger partial charge on any atom is -0.384 e. The van der Waals surface area contributed by atoms with Crippen molar-refractivity contribution in [2.75, 3.05) is 5.73 Å². The fourth-order valence-electron chi connectivity index (χ4n) is 2.28. The molecule has 1 aromatic carbocycles. The molecule has 0 saturated heterocycles. The quantitative estimate of drug-likeness (QED) is 0.761. The number of amides is 1. The normalized spacial score (nSPS) is 10.7. The van der Waals surface area contributed by atoms with Gasteiger partial charge in [-0.05, 0) is 12.1 Å². The number of hydrogen-bond acceptors (Lipinski definition) is 4. The second kappa shape index (κ2) is 5.24. The lowest BCUT2D eigenvalue weighted by Crippen LogP contribution is -2.23. The Morgan fingerprint density at radius 2 is 2.14 bits per heavy atom. The molecule has 0 fully saturated rings. The number of aryl methyl sites for hydroxylation is 1. The first-order valence-corrected chi connectivity index (χ1v) is 6.55. The number of nitrogens with two attached hydrogens (primary N) is 1. The minimum atomic E-state index is -0.155. The molecule has 0 radical (unpaired) electrons. The van der Waals surface area contributed by atoms with Crippen molar-refractivity contribution >= 4 is 22.6 Å². The molecule has 0 saturated carbocycles. The summed E-state index contributed by atoms with van der Waals surface area (Å²) in [5.74, 6) is 0.723. The highest BCUT2D eigenvalue weighted by Gasteiger charge is 2.13. The lowest BCUT2D eigenvalue weighted by molar-refractivity contribution is 0.0951. The number of benzene rings is 1. The number of rotatable bonds is 3. The zero-order valence-electron chi connectivity index (χ0n) is 11.6. The molecule has 0 atom stereocenters. The van der Waals surface area contributed by atoms with Crippen LogP contribution in [0, 0.1) is 0 Å². The Hall–Kier alpha value is -2.89. The number of nitrogen functional groups attached to an aromatic ring is 1. The van der Waals surface area contributed by atoms with Gasteiger partial charge < -0.3 is 15.6 Å². The topological polar surface area (TPSA) is 85.8 Å². The van der Waals surface area contributed by atoms with Crippen molar-refractivity contribution in [3.05, 3.63) is 54.1 Å². The van der Waals surface area contributed by atoms with Gasteiger partial charge in [0.25, 0.3) is 5.91 Å². The van der Waals surface area contributed by atoms with E-state index in [2.05, 4.69) is 15.3 Å². The van der Waals surface area contributed by atoms with Crippen molar-refractivity contribution in [2.24, 2.45) is 7.05 Å².